The Morgan fingerprint density at radius 1 is 1.47 bits per heavy atom. The third-order valence-corrected chi connectivity index (χ3v) is 3.38. The highest BCUT2D eigenvalue weighted by Gasteiger charge is 2.18. The summed E-state index contributed by atoms with van der Waals surface area (Å²) in [6.45, 7) is 2.10. The van der Waals surface area contributed by atoms with Crippen LogP contribution >= 0.6 is 0 Å². The van der Waals surface area contributed by atoms with Crippen molar-refractivity contribution in [1.82, 2.24) is 10.2 Å². The van der Waals surface area contributed by atoms with Crippen molar-refractivity contribution in [2.24, 2.45) is 0 Å². The summed E-state index contributed by atoms with van der Waals surface area (Å²) in [5.41, 5.74) is 0. The first-order chi connectivity index (χ1) is 8.09. The molecular weight excluding hydrogens is 220 g/mol. The van der Waals surface area contributed by atoms with E-state index in [1.54, 1.807) is 0 Å². The molecule has 0 radical (unpaired) electrons. The maximum absolute atomic E-state index is 10.3. The number of carboxylic acids is 1. The Kier molecular flexibility index (Phi) is 6.47. The summed E-state index contributed by atoms with van der Waals surface area (Å²) in [5, 5.41) is 20.9. The number of rotatable bonds is 8. The number of aliphatic hydroxyl groups is 1. The molecule has 0 aromatic rings. The lowest BCUT2D eigenvalue weighted by Gasteiger charge is -2.24. The van der Waals surface area contributed by atoms with Crippen LogP contribution in [0.2, 0.25) is 0 Å². The minimum Gasteiger partial charge on any atom is -0.481 e. The molecule has 1 rings (SSSR count). The number of nitrogens with zero attached hydrogens (tertiary/aromatic N) is 1. The standard InChI is InChI=1S/C12H24N2O3/c1-14(10-4-2-3-5-10)7-6-13-9-11(15)8-12(16)17/h10-11,13,15H,2-9H2,1H3,(H,16,17). The quantitative estimate of drug-likeness (QED) is 0.535. The van der Waals surface area contributed by atoms with E-state index in [9.17, 15) is 9.90 Å². The van der Waals surface area contributed by atoms with Crippen molar-refractivity contribution < 1.29 is 15.0 Å². The molecule has 0 aromatic carbocycles. The molecule has 0 bridgehead atoms. The molecule has 17 heavy (non-hydrogen) atoms. The van der Waals surface area contributed by atoms with Gasteiger partial charge < -0.3 is 20.4 Å². The molecule has 0 aliphatic heterocycles. The van der Waals surface area contributed by atoms with Crippen molar-refractivity contribution >= 4 is 5.97 Å². The Balaban J connectivity index is 2.01. The van der Waals surface area contributed by atoms with Gasteiger partial charge in [-0.2, -0.15) is 0 Å². The summed E-state index contributed by atoms with van der Waals surface area (Å²) >= 11 is 0. The zero-order chi connectivity index (χ0) is 12.7. The Morgan fingerprint density at radius 2 is 2.12 bits per heavy atom. The predicted molar refractivity (Wildman–Crippen MR) is 66.0 cm³/mol. The summed E-state index contributed by atoms with van der Waals surface area (Å²) in [4.78, 5) is 12.7. The smallest absolute Gasteiger partial charge is 0.306 e. The van der Waals surface area contributed by atoms with Crippen LogP contribution in [0.15, 0.2) is 0 Å². The van der Waals surface area contributed by atoms with Crippen molar-refractivity contribution in [3.8, 4) is 0 Å². The number of aliphatic hydroxyl groups excluding tert-OH is 1. The van der Waals surface area contributed by atoms with Gasteiger partial charge in [0, 0.05) is 25.7 Å². The minimum absolute atomic E-state index is 0.189. The number of nitrogens with one attached hydrogen (secondary N) is 1. The van der Waals surface area contributed by atoms with E-state index < -0.39 is 12.1 Å². The van der Waals surface area contributed by atoms with Gasteiger partial charge in [-0.1, -0.05) is 12.8 Å². The minimum atomic E-state index is -0.956. The molecule has 1 aliphatic rings. The topological polar surface area (TPSA) is 72.8 Å². The maximum Gasteiger partial charge on any atom is 0.306 e. The highest BCUT2D eigenvalue weighted by Crippen LogP contribution is 2.21. The van der Waals surface area contributed by atoms with Crippen LogP contribution < -0.4 is 5.32 Å². The van der Waals surface area contributed by atoms with Crippen LogP contribution in [0.5, 0.6) is 0 Å². The number of aliphatic carboxylic acids is 1. The fourth-order valence-corrected chi connectivity index (χ4v) is 2.33. The second kappa shape index (κ2) is 7.63. The third-order valence-electron chi connectivity index (χ3n) is 3.38. The fraction of sp³-hybridized carbons (Fsp3) is 0.917. The van der Waals surface area contributed by atoms with E-state index in [0.717, 1.165) is 13.1 Å². The molecule has 1 fully saturated rings. The van der Waals surface area contributed by atoms with Crippen molar-refractivity contribution in [1.29, 1.82) is 0 Å². The van der Waals surface area contributed by atoms with Crippen LogP contribution in [0.3, 0.4) is 0 Å². The molecular formula is C12H24N2O3. The molecule has 3 N–H and O–H groups in total. The van der Waals surface area contributed by atoms with Gasteiger partial charge in [0.15, 0.2) is 0 Å². The van der Waals surface area contributed by atoms with Crippen molar-refractivity contribution in [2.45, 2.75) is 44.2 Å². The normalized spacial score (nSPS) is 18.8. The van der Waals surface area contributed by atoms with E-state index in [0.29, 0.717) is 12.6 Å². The average molecular weight is 244 g/mol. The van der Waals surface area contributed by atoms with Gasteiger partial charge in [-0.15, -0.1) is 0 Å². The SMILES string of the molecule is CN(CCNCC(O)CC(=O)O)C1CCCC1. The number of hydrogen-bond acceptors (Lipinski definition) is 4. The van der Waals surface area contributed by atoms with Crippen molar-refractivity contribution in [2.75, 3.05) is 26.7 Å². The molecule has 0 amide bonds. The van der Waals surface area contributed by atoms with Gasteiger partial charge in [0.1, 0.15) is 0 Å². The Hall–Kier alpha value is -0.650. The number of carboxylic acid groups (broad SMARTS) is 1. The predicted octanol–water partition coefficient (Wildman–Crippen LogP) is 0.286. The van der Waals surface area contributed by atoms with E-state index in [4.69, 9.17) is 5.11 Å². The highest BCUT2D eigenvalue weighted by atomic mass is 16.4. The zero-order valence-corrected chi connectivity index (χ0v) is 10.6. The summed E-state index contributed by atoms with van der Waals surface area (Å²) in [6, 6.07) is 0.709. The zero-order valence-electron chi connectivity index (χ0n) is 10.6. The van der Waals surface area contributed by atoms with E-state index in [2.05, 4.69) is 17.3 Å². The molecule has 5 heteroatoms. The Morgan fingerprint density at radius 3 is 2.71 bits per heavy atom. The third kappa shape index (κ3) is 6.00. The van der Waals surface area contributed by atoms with Gasteiger partial charge in [0.05, 0.1) is 12.5 Å². The van der Waals surface area contributed by atoms with Crippen LogP contribution in [0, 0.1) is 0 Å². The van der Waals surface area contributed by atoms with Crippen molar-refractivity contribution in [3.05, 3.63) is 0 Å². The lowest BCUT2D eigenvalue weighted by molar-refractivity contribution is -0.139. The molecule has 1 unspecified atom stereocenters. The Labute approximate surface area is 103 Å². The largest absolute Gasteiger partial charge is 0.481 e. The molecule has 0 saturated heterocycles. The molecule has 5 nitrogen and oxygen atoms in total. The van der Waals surface area contributed by atoms with E-state index in [1.807, 2.05) is 0 Å². The van der Waals surface area contributed by atoms with Gasteiger partial charge >= 0.3 is 5.97 Å². The molecule has 100 valence electrons. The molecule has 0 heterocycles. The van der Waals surface area contributed by atoms with Gasteiger partial charge in [0.2, 0.25) is 0 Å². The lowest BCUT2D eigenvalue weighted by atomic mass is 10.2. The first kappa shape index (κ1) is 14.4. The van der Waals surface area contributed by atoms with Crippen LogP contribution in [0.1, 0.15) is 32.1 Å². The molecule has 0 spiro atoms. The van der Waals surface area contributed by atoms with Gasteiger partial charge in [-0.05, 0) is 19.9 Å². The fourth-order valence-electron chi connectivity index (χ4n) is 2.33. The second-order valence-corrected chi connectivity index (χ2v) is 4.87. The number of hydrogen-bond donors (Lipinski definition) is 3. The summed E-state index contributed by atoms with van der Waals surface area (Å²) in [5.74, 6) is -0.956. The summed E-state index contributed by atoms with van der Waals surface area (Å²) in [7, 11) is 2.13. The van der Waals surface area contributed by atoms with Gasteiger partial charge in [-0.25, -0.2) is 0 Å². The van der Waals surface area contributed by atoms with E-state index in [-0.39, 0.29) is 6.42 Å². The van der Waals surface area contributed by atoms with Gasteiger partial charge in [-0.3, -0.25) is 4.79 Å². The summed E-state index contributed by atoms with van der Waals surface area (Å²) < 4.78 is 0. The molecule has 0 aromatic heterocycles. The second-order valence-electron chi connectivity index (χ2n) is 4.87. The summed E-state index contributed by atoms with van der Waals surface area (Å²) in [6.07, 6.45) is 4.27. The lowest BCUT2D eigenvalue weighted by Crippen LogP contribution is -2.38. The number of carbonyl (C=O) groups is 1. The van der Waals surface area contributed by atoms with Gasteiger partial charge in [0.25, 0.3) is 0 Å². The van der Waals surface area contributed by atoms with Crippen LogP contribution in [-0.4, -0.2) is 59.9 Å². The van der Waals surface area contributed by atoms with Crippen molar-refractivity contribution in [3.63, 3.8) is 0 Å². The van der Waals surface area contributed by atoms with E-state index in [1.165, 1.54) is 25.7 Å². The first-order valence-electron chi connectivity index (χ1n) is 6.40. The van der Waals surface area contributed by atoms with Crippen LogP contribution in [0.4, 0.5) is 0 Å². The average Bonchev–Trinajstić information content (AvgIpc) is 2.76. The van der Waals surface area contributed by atoms with E-state index >= 15 is 0 Å². The molecule has 1 saturated carbocycles. The first-order valence-corrected chi connectivity index (χ1v) is 6.40. The molecule has 1 atom stereocenters. The Bertz CT molecular complexity index is 230. The number of likely N-dealkylation sites (N-methyl/N-ethyl adjacent to an activating group) is 1. The maximum atomic E-state index is 10.3. The molecule has 1 aliphatic carbocycles. The van der Waals surface area contributed by atoms with Crippen LogP contribution in [0.25, 0.3) is 0 Å². The monoisotopic (exact) mass is 244 g/mol. The van der Waals surface area contributed by atoms with Crippen LogP contribution in [-0.2, 0) is 4.79 Å². The highest BCUT2D eigenvalue weighted by molar-refractivity contribution is 5.67.